The number of esters is 1. The number of hydrogen-bond acceptors (Lipinski definition) is 5. The second kappa shape index (κ2) is 10.7. The van der Waals surface area contributed by atoms with Gasteiger partial charge in [0.1, 0.15) is 6.10 Å². The molecule has 2 unspecified atom stereocenters. The lowest BCUT2D eigenvalue weighted by atomic mass is 9.71. The van der Waals surface area contributed by atoms with Crippen LogP contribution in [-0.2, 0) is 9.53 Å². The van der Waals surface area contributed by atoms with E-state index >= 15 is 0 Å². The number of ether oxygens (including phenoxy) is 1. The Labute approximate surface area is 175 Å². The van der Waals surface area contributed by atoms with Crippen LogP contribution >= 0.6 is 0 Å². The molecule has 0 aromatic rings. The molecule has 1 fully saturated rings. The summed E-state index contributed by atoms with van der Waals surface area (Å²) in [5, 5.41) is 30.8. The summed E-state index contributed by atoms with van der Waals surface area (Å²) < 4.78 is 5.96. The largest absolute Gasteiger partial charge is 0.457 e. The van der Waals surface area contributed by atoms with Crippen LogP contribution in [0.25, 0.3) is 0 Å². The van der Waals surface area contributed by atoms with Gasteiger partial charge in [-0.3, -0.25) is 4.79 Å². The van der Waals surface area contributed by atoms with E-state index in [0.717, 1.165) is 36.0 Å². The van der Waals surface area contributed by atoms with Gasteiger partial charge >= 0.3 is 5.97 Å². The average molecular weight is 409 g/mol. The van der Waals surface area contributed by atoms with Gasteiger partial charge in [0.2, 0.25) is 0 Å². The molecule has 5 heteroatoms. The van der Waals surface area contributed by atoms with E-state index in [1.54, 1.807) is 0 Å². The van der Waals surface area contributed by atoms with Gasteiger partial charge in [0.15, 0.2) is 0 Å². The van der Waals surface area contributed by atoms with Crippen LogP contribution in [0, 0.1) is 17.8 Å². The van der Waals surface area contributed by atoms with Crippen molar-refractivity contribution < 1.29 is 24.9 Å². The molecule has 0 aliphatic heterocycles. The number of carbonyl (C=O) groups is 1. The molecule has 166 valence electrons. The quantitative estimate of drug-likeness (QED) is 0.504. The first kappa shape index (κ1) is 24.1. The first-order valence-corrected chi connectivity index (χ1v) is 11.4. The molecular weight excluding hydrogens is 368 g/mol. The Kier molecular flexibility index (Phi) is 8.92. The van der Waals surface area contributed by atoms with Gasteiger partial charge in [-0.15, -0.1) is 0 Å². The van der Waals surface area contributed by atoms with E-state index < -0.39 is 18.3 Å². The van der Waals surface area contributed by atoms with Crippen molar-refractivity contribution >= 4 is 5.97 Å². The third-order valence-electron chi connectivity index (χ3n) is 6.67. The van der Waals surface area contributed by atoms with Crippen LogP contribution in [0.3, 0.4) is 0 Å². The minimum absolute atomic E-state index is 0.0738. The fourth-order valence-electron chi connectivity index (χ4n) is 4.44. The second-order valence-corrected chi connectivity index (χ2v) is 9.18. The van der Waals surface area contributed by atoms with E-state index in [9.17, 15) is 20.1 Å². The van der Waals surface area contributed by atoms with E-state index in [-0.39, 0.29) is 23.9 Å². The first-order valence-electron chi connectivity index (χ1n) is 11.4. The van der Waals surface area contributed by atoms with E-state index in [0.29, 0.717) is 31.6 Å². The van der Waals surface area contributed by atoms with Crippen LogP contribution in [0.1, 0.15) is 79.6 Å². The van der Waals surface area contributed by atoms with E-state index in [2.05, 4.69) is 6.92 Å². The summed E-state index contributed by atoms with van der Waals surface area (Å²) in [7, 11) is 0. The fraction of sp³-hybridized carbons (Fsp3) is 0.792. The van der Waals surface area contributed by atoms with Gasteiger partial charge in [-0.25, -0.2) is 0 Å². The van der Waals surface area contributed by atoms with Crippen LogP contribution in [0.4, 0.5) is 0 Å². The second-order valence-electron chi connectivity index (χ2n) is 9.18. The maximum absolute atomic E-state index is 12.5. The monoisotopic (exact) mass is 408 g/mol. The Morgan fingerprint density at radius 3 is 2.52 bits per heavy atom. The molecule has 0 heterocycles. The van der Waals surface area contributed by atoms with Gasteiger partial charge in [-0.2, -0.15) is 0 Å². The molecule has 2 aliphatic carbocycles. The van der Waals surface area contributed by atoms with E-state index in [1.165, 1.54) is 0 Å². The fourth-order valence-corrected chi connectivity index (χ4v) is 4.44. The minimum Gasteiger partial charge on any atom is -0.457 e. The zero-order valence-electron chi connectivity index (χ0n) is 18.7. The topological polar surface area (TPSA) is 87.0 Å². The molecule has 0 radical (unpaired) electrons. The van der Waals surface area contributed by atoms with Crippen LogP contribution in [0.2, 0.25) is 0 Å². The molecule has 3 N–H and O–H groups in total. The highest BCUT2D eigenvalue weighted by Gasteiger charge is 2.38. The Morgan fingerprint density at radius 2 is 1.90 bits per heavy atom. The number of aliphatic hydroxyl groups excluding tert-OH is 3. The van der Waals surface area contributed by atoms with Crippen LogP contribution < -0.4 is 0 Å². The molecule has 5 nitrogen and oxygen atoms in total. The number of fused-ring (bicyclic) bond motifs is 1. The van der Waals surface area contributed by atoms with Crippen molar-refractivity contribution in [3.8, 4) is 0 Å². The molecular formula is C24H40O5. The van der Waals surface area contributed by atoms with Crippen LogP contribution in [0.15, 0.2) is 22.8 Å². The van der Waals surface area contributed by atoms with Gasteiger partial charge in [0.25, 0.3) is 0 Å². The standard InChI is InChI=1S/C24H40O5/c1-6-15(4)24(28)29-22-11-14(3)10-17-12-21(27)16(5)20(23(17)22)9-8-19(26)13-18(25)7-2/h12,14-16,18-19,21-22,25-27H,6-11,13H2,1-5H3/t14-,15-,16+,18-,19?,21?,22-/m0/s1. The minimum atomic E-state index is -0.583. The SMILES string of the molecule is CC[C@H](O)CC(O)CCC1=C2C(=CC(O)[C@@H]1C)C[C@H](C)C[C@@H]2OC(=O)[C@@H](C)CC. The summed E-state index contributed by atoms with van der Waals surface area (Å²) in [6.07, 6.45) is 4.57. The molecule has 0 spiro atoms. The normalized spacial score (nSPS) is 30.3. The third-order valence-corrected chi connectivity index (χ3v) is 6.67. The van der Waals surface area contributed by atoms with Crippen molar-refractivity contribution in [1.82, 2.24) is 0 Å². The lowest BCUT2D eigenvalue weighted by Crippen LogP contribution is -2.36. The van der Waals surface area contributed by atoms with Crippen molar-refractivity contribution in [2.75, 3.05) is 0 Å². The predicted octanol–water partition coefficient (Wildman–Crippen LogP) is 3.91. The van der Waals surface area contributed by atoms with E-state index in [4.69, 9.17) is 4.74 Å². The molecule has 29 heavy (non-hydrogen) atoms. The lowest BCUT2D eigenvalue weighted by molar-refractivity contribution is -0.152. The maximum Gasteiger partial charge on any atom is 0.309 e. The Hall–Kier alpha value is -1.17. The molecule has 1 saturated carbocycles. The predicted molar refractivity (Wildman–Crippen MR) is 114 cm³/mol. The number of hydrogen-bond donors (Lipinski definition) is 3. The van der Waals surface area contributed by atoms with Crippen molar-refractivity contribution in [2.45, 2.75) is 104 Å². The smallest absolute Gasteiger partial charge is 0.309 e. The molecule has 0 amide bonds. The van der Waals surface area contributed by atoms with Gasteiger partial charge in [0.05, 0.1) is 24.2 Å². The third kappa shape index (κ3) is 6.16. The first-order chi connectivity index (χ1) is 13.7. The highest BCUT2D eigenvalue weighted by molar-refractivity contribution is 5.72. The number of rotatable bonds is 9. The van der Waals surface area contributed by atoms with Crippen molar-refractivity contribution in [2.24, 2.45) is 17.8 Å². The molecule has 7 atom stereocenters. The lowest BCUT2D eigenvalue weighted by Gasteiger charge is -2.39. The zero-order valence-corrected chi connectivity index (χ0v) is 18.7. The summed E-state index contributed by atoms with van der Waals surface area (Å²) in [6.45, 7) is 9.93. The molecule has 0 bridgehead atoms. The Morgan fingerprint density at radius 1 is 1.21 bits per heavy atom. The van der Waals surface area contributed by atoms with Crippen LogP contribution in [-0.4, -0.2) is 45.7 Å². The Bertz CT molecular complexity index is 623. The number of aliphatic hydroxyl groups is 3. The van der Waals surface area contributed by atoms with Gasteiger partial charge in [-0.05, 0) is 62.0 Å². The highest BCUT2D eigenvalue weighted by atomic mass is 16.5. The summed E-state index contributed by atoms with van der Waals surface area (Å²) >= 11 is 0. The van der Waals surface area contributed by atoms with Gasteiger partial charge in [-0.1, -0.05) is 46.3 Å². The van der Waals surface area contributed by atoms with Crippen LogP contribution in [0.5, 0.6) is 0 Å². The average Bonchev–Trinajstić information content (AvgIpc) is 2.67. The molecule has 0 aromatic heterocycles. The van der Waals surface area contributed by atoms with Crippen molar-refractivity contribution in [3.63, 3.8) is 0 Å². The summed E-state index contributed by atoms with van der Waals surface area (Å²) in [4.78, 5) is 12.5. The zero-order chi connectivity index (χ0) is 21.7. The van der Waals surface area contributed by atoms with Crippen molar-refractivity contribution in [1.29, 1.82) is 0 Å². The highest BCUT2D eigenvalue weighted by Crippen LogP contribution is 2.44. The van der Waals surface area contributed by atoms with Gasteiger partial charge < -0.3 is 20.1 Å². The number of carbonyl (C=O) groups excluding carboxylic acids is 1. The Balaban J connectivity index is 2.27. The molecule has 2 aliphatic rings. The molecule has 0 saturated heterocycles. The summed E-state index contributed by atoms with van der Waals surface area (Å²) in [5.41, 5.74) is 3.25. The van der Waals surface area contributed by atoms with E-state index in [1.807, 2.05) is 33.8 Å². The summed E-state index contributed by atoms with van der Waals surface area (Å²) in [5.74, 6) is 0.0116. The molecule has 2 rings (SSSR count). The maximum atomic E-state index is 12.5. The molecule has 0 aromatic carbocycles. The van der Waals surface area contributed by atoms with Crippen molar-refractivity contribution in [3.05, 3.63) is 22.8 Å². The van der Waals surface area contributed by atoms with Gasteiger partial charge in [0, 0.05) is 5.92 Å². The summed E-state index contributed by atoms with van der Waals surface area (Å²) in [6, 6.07) is 0.